The third-order valence-electron chi connectivity index (χ3n) is 6.82. The molecule has 3 aromatic carbocycles. The van der Waals surface area contributed by atoms with Crippen LogP contribution in [0.5, 0.6) is 0 Å². The van der Waals surface area contributed by atoms with Gasteiger partial charge in [0, 0.05) is 11.5 Å². The summed E-state index contributed by atoms with van der Waals surface area (Å²) in [6.07, 6.45) is 3.37. The molecule has 0 aliphatic heterocycles. The minimum atomic E-state index is -0.618. The first-order valence-corrected chi connectivity index (χ1v) is 14.2. The minimum absolute atomic E-state index is 0.108. The second-order valence-corrected chi connectivity index (χ2v) is 12.3. The van der Waals surface area contributed by atoms with E-state index in [1.54, 1.807) is 0 Å². The van der Waals surface area contributed by atoms with E-state index in [1.807, 2.05) is 108 Å². The molecule has 0 saturated carbocycles. The number of ketones is 1. The first-order chi connectivity index (χ1) is 18.9. The molecule has 0 spiro atoms. The zero-order chi connectivity index (χ0) is 29.0. The Morgan fingerprint density at radius 3 is 1.93 bits per heavy atom. The predicted molar refractivity (Wildman–Crippen MR) is 164 cm³/mol. The zero-order valence-corrected chi connectivity index (χ0v) is 24.8. The number of aryl methyl sites for hydroxylation is 3. The van der Waals surface area contributed by atoms with Crippen molar-refractivity contribution in [1.29, 1.82) is 0 Å². The van der Waals surface area contributed by atoms with E-state index < -0.39 is 5.41 Å². The van der Waals surface area contributed by atoms with Crippen molar-refractivity contribution in [1.82, 2.24) is 9.88 Å². The van der Waals surface area contributed by atoms with Gasteiger partial charge in [0.15, 0.2) is 5.78 Å². The van der Waals surface area contributed by atoms with Gasteiger partial charge < -0.3 is 5.32 Å². The van der Waals surface area contributed by atoms with Gasteiger partial charge in [0.05, 0.1) is 10.6 Å². The number of hydrogen-bond donors (Lipinski definition) is 1. The monoisotopic (exact) mass is 552 g/mol. The summed E-state index contributed by atoms with van der Waals surface area (Å²) in [6, 6.07) is 23.3. The number of amides is 1. The van der Waals surface area contributed by atoms with Crippen LogP contribution in [-0.4, -0.2) is 16.3 Å². The van der Waals surface area contributed by atoms with Crippen molar-refractivity contribution in [2.45, 2.75) is 54.1 Å². The highest BCUT2D eigenvalue weighted by Crippen LogP contribution is 2.22. The summed E-state index contributed by atoms with van der Waals surface area (Å²) in [4.78, 5) is 40.2. The molecule has 1 amide bonds. The van der Waals surface area contributed by atoms with Gasteiger partial charge in [0.1, 0.15) is 11.2 Å². The quantitative estimate of drug-likeness (QED) is 0.352. The van der Waals surface area contributed by atoms with E-state index in [-0.39, 0.29) is 29.8 Å². The van der Waals surface area contributed by atoms with Gasteiger partial charge in [0.2, 0.25) is 5.91 Å². The van der Waals surface area contributed by atoms with E-state index in [0.717, 1.165) is 33.4 Å². The molecule has 0 saturated heterocycles. The largest absolute Gasteiger partial charge is 0.344 e. The van der Waals surface area contributed by atoms with Crippen LogP contribution in [0.1, 0.15) is 60.2 Å². The van der Waals surface area contributed by atoms with Gasteiger partial charge in [-0.25, -0.2) is 0 Å². The number of carbonyl (C=O) groups is 2. The lowest BCUT2D eigenvalue weighted by molar-refractivity contribution is -0.122. The van der Waals surface area contributed by atoms with Crippen molar-refractivity contribution < 1.29 is 9.59 Å². The molecule has 1 heterocycles. The van der Waals surface area contributed by atoms with E-state index in [4.69, 9.17) is 0 Å². The Kier molecular flexibility index (Phi) is 8.70. The molecule has 0 aliphatic carbocycles. The average Bonchev–Trinajstić information content (AvgIpc) is 3.18. The maximum Gasteiger partial charge on any atom is 0.269 e. The molecule has 1 N–H and O–H groups in total. The molecule has 0 bridgehead atoms. The van der Waals surface area contributed by atoms with E-state index in [9.17, 15) is 14.4 Å². The van der Waals surface area contributed by atoms with E-state index in [0.29, 0.717) is 9.20 Å². The summed E-state index contributed by atoms with van der Waals surface area (Å²) in [5.41, 5.74) is 5.24. The molecule has 0 radical (unpaired) electrons. The Morgan fingerprint density at radius 2 is 1.43 bits per heavy atom. The lowest BCUT2D eigenvalue weighted by atomic mass is 9.91. The molecular formula is C34H36N2O3S. The number of carbonyl (C=O) groups excluding carboxylic acids is 2. The minimum Gasteiger partial charge on any atom is -0.344 e. The fourth-order valence-corrected chi connectivity index (χ4v) is 5.69. The van der Waals surface area contributed by atoms with Crippen molar-refractivity contribution in [3.63, 3.8) is 0 Å². The second kappa shape index (κ2) is 12.0. The van der Waals surface area contributed by atoms with Gasteiger partial charge >= 0.3 is 0 Å². The number of thiazole rings is 1. The summed E-state index contributed by atoms with van der Waals surface area (Å²) in [7, 11) is 0. The van der Waals surface area contributed by atoms with Crippen molar-refractivity contribution >= 4 is 35.2 Å². The Labute approximate surface area is 239 Å². The van der Waals surface area contributed by atoms with Gasteiger partial charge in [-0.3, -0.25) is 19.0 Å². The number of rotatable bonds is 7. The van der Waals surface area contributed by atoms with E-state index >= 15 is 0 Å². The zero-order valence-electron chi connectivity index (χ0n) is 23.9. The Hall–Kier alpha value is -4.03. The number of Topliss-reactive ketones (excluding diaryl/α,β-unsaturated/α-hetero) is 1. The van der Waals surface area contributed by atoms with Crippen LogP contribution in [0.4, 0.5) is 0 Å². The fraction of sp³-hybridized carbons (Fsp3) is 0.265. The molecule has 40 heavy (non-hydrogen) atoms. The summed E-state index contributed by atoms with van der Waals surface area (Å²) < 4.78 is 2.37. The van der Waals surface area contributed by atoms with E-state index in [1.165, 1.54) is 22.0 Å². The standard InChI is InChI=1S/C34H36N2O3S/c1-22-17-23(2)27(24(3)18-22)19-28-33(39)36(31(40-28)20-29(37)34(4,5)6)21-30(38)35-32(25-13-9-7-10-14-25)26-15-11-8-12-16-26/h7-20,32H,21H2,1-6H3,(H,35,38). The summed E-state index contributed by atoms with van der Waals surface area (Å²) >= 11 is 1.24. The topological polar surface area (TPSA) is 68.2 Å². The van der Waals surface area contributed by atoms with Crippen LogP contribution in [0.3, 0.4) is 0 Å². The van der Waals surface area contributed by atoms with Crippen LogP contribution >= 0.6 is 11.3 Å². The summed E-state index contributed by atoms with van der Waals surface area (Å²) in [5.74, 6) is -0.423. The van der Waals surface area contributed by atoms with Crippen LogP contribution in [0.15, 0.2) is 77.6 Å². The smallest absolute Gasteiger partial charge is 0.269 e. The number of nitrogens with one attached hydrogen (secondary N) is 1. The number of aromatic nitrogens is 1. The fourth-order valence-electron chi connectivity index (χ4n) is 4.67. The van der Waals surface area contributed by atoms with Crippen LogP contribution in [-0.2, 0) is 16.1 Å². The lowest BCUT2D eigenvalue weighted by Gasteiger charge is -2.20. The number of nitrogens with zero attached hydrogens (tertiary/aromatic N) is 1. The molecule has 5 nitrogen and oxygen atoms in total. The molecular weight excluding hydrogens is 516 g/mol. The summed E-state index contributed by atoms with van der Waals surface area (Å²) in [5, 5.41) is 3.12. The van der Waals surface area contributed by atoms with Gasteiger partial charge in [-0.05, 0) is 54.7 Å². The first kappa shape index (κ1) is 29.0. The molecule has 0 atom stereocenters. The third-order valence-corrected chi connectivity index (χ3v) is 7.88. The maximum absolute atomic E-state index is 13.7. The normalized spacial score (nSPS) is 12.7. The molecule has 0 unspecified atom stereocenters. The lowest BCUT2D eigenvalue weighted by Crippen LogP contribution is -2.40. The Bertz CT molecular complexity index is 1650. The van der Waals surface area contributed by atoms with Crippen LogP contribution < -0.4 is 20.1 Å². The first-order valence-electron chi connectivity index (χ1n) is 13.4. The average molecular weight is 553 g/mol. The van der Waals surface area contributed by atoms with Crippen LogP contribution in [0.2, 0.25) is 0 Å². The van der Waals surface area contributed by atoms with Crippen molar-refractivity contribution in [3.05, 3.63) is 126 Å². The van der Waals surface area contributed by atoms with Crippen molar-refractivity contribution in [2.75, 3.05) is 0 Å². The highest BCUT2D eigenvalue weighted by Gasteiger charge is 2.21. The van der Waals surface area contributed by atoms with Crippen LogP contribution in [0, 0.1) is 26.2 Å². The number of benzene rings is 3. The molecule has 6 heteroatoms. The second-order valence-electron chi connectivity index (χ2n) is 11.2. The predicted octanol–water partition coefficient (Wildman–Crippen LogP) is 4.97. The van der Waals surface area contributed by atoms with Gasteiger partial charge in [0.25, 0.3) is 5.56 Å². The van der Waals surface area contributed by atoms with Crippen molar-refractivity contribution in [2.24, 2.45) is 5.41 Å². The van der Waals surface area contributed by atoms with Crippen LogP contribution in [0.25, 0.3) is 12.2 Å². The SMILES string of the molecule is Cc1cc(C)c(C=c2sc(=CC(=O)C(C)(C)C)n(CC(=O)NC(c3ccccc3)c3ccccc3)c2=O)c(C)c1. The van der Waals surface area contributed by atoms with Crippen molar-refractivity contribution in [3.8, 4) is 0 Å². The highest BCUT2D eigenvalue weighted by atomic mass is 32.1. The molecule has 0 fully saturated rings. The highest BCUT2D eigenvalue weighted by molar-refractivity contribution is 7.07. The number of hydrogen-bond acceptors (Lipinski definition) is 4. The van der Waals surface area contributed by atoms with Gasteiger partial charge in [-0.2, -0.15) is 0 Å². The van der Waals surface area contributed by atoms with Gasteiger partial charge in [-0.15, -0.1) is 11.3 Å². The van der Waals surface area contributed by atoms with Gasteiger partial charge in [-0.1, -0.05) is 99.1 Å². The van der Waals surface area contributed by atoms with E-state index in [2.05, 4.69) is 17.4 Å². The summed E-state index contributed by atoms with van der Waals surface area (Å²) in [6.45, 7) is 11.4. The molecule has 4 aromatic rings. The molecule has 206 valence electrons. The maximum atomic E-state index is 13.7. The molecule has 4 rings (SSSR count). The Balaban J connectivity index is 1.78. The molecule has 1 aromatic heterocycles. The molecule has 0 aliphatic rings. The third kappa shape index (κ3) is 6.75. The Morgan fingerprint density at radius 1 is 0.900 bits per heavy atom.